The molecule has 0 saturated heterocycles. The van der Waals surface area contributed by atoms with E-state index in [0.29, 0.717) is 10.8 Å². The van der Waals surface area contributed by atoms with Gasteiger partial charge in [0.15, 0.2) is 5.69 Å². The van der Waals surface area contributed by atoms with E-state index in [-0.39, 0.29) is 28.7 Å². The number of amides is 2. The molecule has 0 spiro atoms. The molecule has 8 nitrogen and oxygen atoms in total. The fourth-order valence-corrected chi connectivity index (χ4v) is 3.03. The molecule has 168 valence electrons. The number of carbonyl (C=O) groups excluding carboxylic acids is 2. The van der Waals surface area contributed by atoms with Gasteiger partial charge < -0.3 is 10.1 Å². The first-order chi connectivity index (χ1) is 15.0. The molecule has 0 radical (unpaired) electrons. The maximum atomic E-state index is 14.2. The average Bonchev–Trinajstić information content (AvgIpc) is 2.69. The van der Waals surface area contributed by atoms with Crippen molar-refractivity contribution in [2.24, 2.45) is 0 Å². The monoisotopic (exact) mass is 440 g/mol. The van der Waals surface area contributed by atoms with Gasteiger partial charge in [0.2, 0.25) is 0 Å². The molecule has 3 aromatic rings. The highest BCUT2D eigenvalue weighted by atomic mass is 19.1. The van der Waals surface area contributed by atoms with Crippen LogP contribution in [0.4, 0.5) is 20.6 Å². The van der Waals surface area contributed by atoms with Crippen LogP contribution in [0.5, 0.6) is 0 Å². The third-order valence-electron chi connectivity index (χ3n) is 4.39. The number of carbonyl (C=O) groups is 2. The second kappa shape index (κ2) is 8.78. The SMILES string of the molecule is CC(C)n1nc(C(=O)Nc2ccc(F)c(NC(=O)OC(C)(C)C)c2)c2ccccc2c1=O. The second-order valence-corrected chi connectivity index (χ2v) is 8.51. The van der Waals surface area contributed by atoms with Gasteiger partial charge in [0.05, 0.1) is 17.1 Å². The van der Waals surface area contributed by atoms with Crippen LogP contribution in [0.15, 0.2) is 47.3 Å². The van der Waals surface area contributed by atoms with Crippen LogP contribution in [-0.4, -0.2) is 27.4 Å². The normalized spacial score (nSPS) is 11.5. The Bertz CT molecular complexity index is 1240. The van der Waals surface area contributed by atoms with Gasteiger partial charge in [0.1, 0.15) is 11.4 Å². The van der Waals surface area contributed by atoms with E-state index in [1.54, 1.807) is 58.9 Å². The lowest BCUT2D eigenvalue weighted by Crippen LogP contribution is -2.29. The lowest BCUT2D eigenvalue weighted by atomic mass is 10.1. The molecule has 0 aliphatic heterocycles. The lowest BCUT2D eigenvalue weighted by molar-refractivity contribution is 0.0635. The fourth-order valence-electron chi connectivity index (χ4n) is 3.03. The van der Waals surface area contributed by atoms with Crippen LogP contribution in [0.1, 0.15) is 51.1 Å². The summed E-state index contributed by atoms with van der Waals surface area (Å²) in [4.78, 5) is 37.7. The van der Waals surface area contributed by atoms with Gasteiger partial charge in [-0.25, -0.2) is 13.9 Å². The van der Waals surface area contributed by atoms with E-state index in [2.05, 4.69) is 15.7 Å². The van der Waals surface area contributed by atoms with Gasteiger partial charge in [0.25, 0.3) is 11.5 Å². The average molecular weight is 440 g/mol. The van der Waals surface area contributed by atoms with Gasteiger partial charge in [0, 0.05) is 11.1 Å². The molecule has 32 heavy (non-hydrogen) atoms. The summed E-state index contributed by atoms with van der Waals surface area (Å²) < 4.78 is 20.6. The van der Waals surface area contributed by atoms with Crippen LogP contribution >= 0.6 is 0 Å². The number of nitrogens with zero attached hydrogens (tertiary/aromatic N) is 2. The molecule has 0 saturated carbocycles. The predicted octanol–water partition coefficient (Wildman–Crippen LogP) is 4.72. The quantitative estimate of drug-likeness (QED) is 0.611. The van der Waals surface area contributed by atoms with Crippen molar-refractivity contribution >= 4 is 34.1 Å². The molecular weight excluding hydrogens is 415 g/mol. The zero-order chi connectivity index (χ0) is 23.6. The van der Waals surface area contributed by atoms with Crippen molar-refractivity contribution in [2.75, 3.05) is 10.6 Å². The number of hydrogen-bond acceptors (Lipinski definition) is 5. The standard InChI is InChI=1S/C23H25FN4O4/c1-13(2)28-21(30)16-9-7-6-8-15(16)19(27-28)20(29)25-14-10-11-17(24)18(12-14)26-22(31)32-23(3,4)5/h6-13H,1-5H3,(H,25,29)(H,26,31). The van der Waals surface area contributed by atoms with Crippen molar-refractivity contribution in [1.82, 2.24) is 9.78 Å². The van der Waals surface area contributed by atoms with Crippen molar-refractivity contribution in [1.29, 1.82) is 0 Å². The van der Waals surface area contributed by atoms with Gasteiger partial charge in [-0.2, -0.15) is 5.10 Å². The molecule has 0 fully saturated rings. The number of ether oxygens (including phenoxy) is 1. The number of fused-ring (bicyclic) bond motifs is 1. The largest absolute Gasteiger partial charge is 0.444 e. The maximum Gasteiger partial charge on any atom is 0.412 e. The summed E-state index contributed by atoms with van der Waals surface area (Å²) in [5, 5.41) is 10.0. The molecule has 9 heteroatoms. The number of halogens is 1. The highest BCUT2D eigenvalue weighted by Crippen LogP contribution is 2.22. The van der Waals surface area contributed by atoms with Gasteiger partial charge in [-0.15, -0.1) is 0 Å². The molecule has 3 rings (SSSR count). The number of hydrogen-bond donors (Lipinski definition) is 2. The molecule has 1 heterocycles. The van der Waals surface area contributed by atoms with Crippen LogP contribution < -0.4 is 16.2 Å². The van der Waals surface area contributed by atoms with E-state index in [1.807, 2.05) is 0 Å². The van der Waals surface area contributed by atoms with Crippen molar-refractivity contribution in [3.8, 4) is 0 Å². The van der Waals surface area contributed by atoms with Crippen LogP contribution in [-0.2, 0) is 4.74 Å². The molecule has 0 aliphatic carbocycles. The Labute approximate surface area is 184 Å². The van der Waals surface area contributed by atoms with Gasteiger partial charge in [-0.3, -0.25) is 14.9 Å². The highest BCUT2D eigenvalue weighted by molar-refractivity contribution is 6.11. The zero-order valence-corrected chi connectivity index (χ0v) is 18.5. The van der Waals surface area contributed by atoms with E-state index in [9.17, 15) is 18.8 Å². The van der Waals surface area contributed by atoms with Crippen LogP contribution in [0.2, 0.25) is 0 Å². The first-order valence-corrected chi connectivity index (χ1v) is 10.1. The minimum atomic E-state index is -0.823. The van der Waals surface area contributed by atoms with Crippen molar-refractivity contribution in [2.45, 2.75) is 46.3 Å². The summed E-state index contributed by atoms with van der Waals surface area (Å²) in [5.74, 6) is -1.27. The molecule has 0 unspecified atom stereocenters. The Morgan fingerprint density at radius 2 is 1.72 bits per heavy atom. The Kier molecular flexibility index (Phi) is 6.29. The minimum absolute atomic E-state index is 0.0554. The lowest BCUT2D eigenvalue weighted by Gasteiger charge is -2.20. The molecule has 2 aromatic carbocycles. The second-order valence-electron chi connectivity index (χ2n) is 8.51. The van der Waals surface area contributed by atoms with E-state index in [4.69, 9.17) is 4.74 Å². The van der Waals surface area contributed by atoms with E-state index in [1.165, 1.54) is 16.8 Å². The number of anilines is 2. The molecule has 2 amide bonds. The molecule has 2 N–H and O–H groups in total. The number of benzene rings is 2. The van der Waals surface area contributed by atoms with Crippen molar-refractivity contribution in [3.05, 3.63) is 64.3 Å². The van der Waals surface area contributed by atoms with E-state index >= 15 is 0 Å². The van der Waals surface area contributed by atoms with Crippen molar-refractivity contribution in [3.63, 3.8) is 0 Å². The summed E-state index contributed by atoms with van der Waals surface area (Å²) >= 11 is 0. The first-order valence-electron chi connectivity index (χ1n) is 10.1. The van der Waals surface area contributed by atoms with Crippen molar-refractivity contribution < 1.29 is 18.7 Å². The molecule has 1 aromatic heterocycles. The fraction of sp³-hybridized carbons (Fsp3) is 0.304. The van der Waals surface area contributed by atoms with Gasteiger partial charge in [-0.1, -0.05) is 18.2 Å². The Balaban J connectivity index is 1.93. The third kappa shape index (κ3) is 5.11. The molecule has 0 atom stereocenters. The smallest absolute Gasteiger partial charge is 0.412 e. The van der Waals surface area contributed by atoms with Crippen LogP contribution in [0.25, 0.3) is 10.8 Å². The Morgan fingerprint density at radius 3 is 2.34 bits per heavy atom. The predicted molar refractivity (Wildman–Crippen MR) is 121 cm³/mol. The summed E-state index contributed by atoms with van der Waals surface area (Å²) in [6, 6.07) is 10.2. The Hall–Kier alpha value is -3.75. The molecule has 0 aliphatic rings. The number of nitrogens with one attached hydrogen (secondary N) is 2. The summed E-state index contributed by atoms with van der Waals surface area (Å²) in [6.45, 7) is 8.65. The first kappa shape index (κ1) is 22.9. The summed E-state index contributed by atoms with van der Waals surface area (Å²) in [5.41, 5.74) is -0.908. The van der Waals surface area contributed by atoms with Gasteiger partial charge >= 0.3 is 6.09 Å². The summed E-state index contributed by atoms with van der Waals surface area (Å²) in [7, 11) is 0. The van der Waals surface area contributed by atoms with Crippen LogP contribution in [0.3, 0.4) is 0 Å². The highest BCUT2D eigenvalue weighted by Gasteiger charge is 2.20. The topological polar surface area (TPSA) is 102 Å². The van der Waals surface area contributed by atoms with E-state index in [0.717, 1.165) is 6.07 Å². The third-order valence-corrected chi connectivity index (χ3v) is 4.39. The maximum absolute atomic E-state index is 14.2. The van der Waals surface area contributed by atoms with Crippen LogP contribution in [0, 0.1) is 5.82 Å². The number of aromatic nitrogens is 2. The summed E-state index contributed by atoms with van der Waals surface area (Å²) in [6.07, 6.45) is -0.823. The minimum Gasteiger partial charge on any atom is -0.444 e. The molecular formula is C23H25FN4O4. The Morgan fingerprint density at radius 1 is 1.06 bits per heavy atom. The zero-order valence-electron chi connectivity index (χ0n) is 18.5. The number of rotatable bonds is 4. The molecule has 0 bridgehead atoms. The van der Waals surface area contributed by atoms with Gasteiger partial charge in [-0.05, 0) is 58.9 Å². The van der Waals surface area contributed by atoms with E-state index < -0.39 is 23.4 Å².